The van der Waals surface area contributed by atoms with Crippen LogP contribution in [0.25, 0.3) is 0 Å². The van der Waals surface area contributed by atoms with Gasteiger partial charge in [0.1, 0.15) is 11.9 Å². The maximum Gasteiger partial charge on any atom is 0.508 e. The molecule has 0 unspecified atom stereocenters. The molecule has 4 nitrogen and oxygen atoms in total. The van der Waals surface area contributed by atoms with Crippen LogP contribution in [-0.2, 0) is 14.3 Å². The van der Waals surface area contributed by atoms with Crippen molar-refractivity contribution in [1.29, 1.82) is 0 Å². The molecule has 14 heavy (non-hydrogen) atoms. The molecule has 1 aliphatic rings. The van der Waals surface area contributed by atoms with Crippen molar-refractivity contribution in [2.24, 2.45) is 5.92 Å². The maximum absolute atomic E-state index is 11.1. The summed E-state index contributed by atoms with van der Waals surface area (Å²) in [7, 11) is 1.30. The summed E-state index contributed by atoms with van der Waals surface area (Å²) >= 11 is 0. The highest BCUT2D eigenvalue weighted by Gasteiger charge is 2.26. The first-order valence-electron chi connectivity index (χ1n) is 4.88. The third-order valence-electron chi connectivity index (χ3n) is 2.68. The largest absolute Gasteiger partial charge is 0.508 e. The zero-order valence-corrected chi connectivity index (χ0v) is 8.62. The number of hydrogen-bond acceptors (Lipinski definition) is 4. The van der Waals surface area contributed by atoms with Crippen LogP contribution in [0.5, 0.6) is 0 Å². The zero-order chi connectivity index (χ0) is 10.6. The van der Waals surface area contributed by atoms with Crippen LogP contribution in [-0.4, -0.2) is 25.2 Å². The molecule has 80 valence electrons. The van der Waals surface area contributed by atoms with Gasteiger partial charge in [0, 0.05) is 5.92 Å². The van der Waals surface area contributed by atoms with Crippen LogP contribution in [0.4, 0.5) is 4.79 Å². The first-order valence-corrected chi connectivity index (χ1v) is 4.88. The van der Waals surface area contributed by atoms with E-state index in [0.717, 1.165) is 25.7 Å². The topological polar surface area (TPSA) is 52.6 Å². The Morgan fingerprint density at radius 3 is 2.14 bits per heavy atom. The molecule has 1 rings (SSSR count). The van der Waals surface area contributed by atoms with Crippen LogP contribution in [0.1, 0.15) is 32.6 Å². The summed E-state index contributed by atoms with van der Waals surface area (Å²) in [6, 6.07) is 0. The molecule has 0 aromatic heterocycles. The van der Waals surface area contributed by atoms with Crippen molar-refractivity contribution >= 4 is 11.9 Å². The molecule has 0 bridgehead atoms. The lowest BCUT2D eigenvalue weighted by atomic mass is 9.85. The Kier molecular flexibility index (Phi) is 3.92. The molecule has 0 amide bonds. The van der Waals surface area contributed by atoms with E-state index in [4.69, 9.17) is 4.74 Å². The SMILES string of the molecule is COC(=O)OC1CCC(C(C)=O)CC1. The zero-order valence-electron chi connectivity index (χ0n) is 8.62. The third-order valence-corrected chi connectivity index (χ3v) is 2.68. The van der Waals surface area contributed by atoms with Crippen LogP contribution in [0.15, 0.2) is 0 Å². The number of rotatable bonds is 2. The average molecular weight is 200 g/mol. The van der Waals surface area contributed by atoms with Crippen molar-refractivity contribution in [2.45, 2.75) is 38.7 Å². The summed E-state index contributed by atoms with van der Waals surface area (Å²) in [5, 5.41) is 0. The van der Waals surface area contributed by atoms with E-state index < -0.39 is 6.16 Å². The Morgan fingerprint density at radius 1 is 1.14 bits per heavy atom. The molecule has 0 spiro atoms. The van der Waals surface area contributed by atoms with Crippen LogP contribution in [0.2, 0.25) is 0 Å². The number of carbonyl (C=O) groups excluding carboxylic acids is 2. The summed E-state index contributed by atoms with van der Waals surface area (Å²) in [6.45, 7) is 1.62. The van der Waals surface area contributed by atoms with Gasteiger partial charge < -0.3 is 9.47 Å². The predicted molar refractivity (Wildman–Crippen MR) is 49.9 cm³/mol. The van der Waals surface area contributed by atoms with Crippen LogP contribution < -0.4 is 0 Å². The molecule has 1 fully saturated rings. The summed E-state index contributed by atoms with van der Waals surface area (Å²) in [5.41, 5.74) is 0. The third kappa shape index (κ3) is 3.01. The van der Waals surface area contributed by atoms with E-state index in [2.05, 4.69) is 4.74 Å². The second-order valence-corrected chi connectivity index (χ2v) is 3.66. The van der Waals surface area contributed by atoms with Crippen molar-refractivity contribution < 1.29 is 19.1 Å². The second-order valence-electron chi connectivity index (χ2n) is 3.66. The number of ketones is 1. The van der Waals surface area contributed by atoms with Gasteiger partial charge in [0.15, 0.2) is 0 Å². The molecule has 0 atom stereocenters. The Bertz CT molecular complexity index is 216. The van der Waals surface area contributed by atoms with Gasteiger partial charge in [0.25, 0.3) is 0 Å². The minimum Gasteiger partial charge on any atom is -0.438 e. The van der Waals surface area contributed by atoms with Crippen molar-refractivity contribution in [3.63, 3.8) is 0 Å². The molecule has 0 aromatic rings. The Labute approximate surface area is 83.6 Å². The molecular formula is C10H16O4. The standard InChI is InChI=1S/C10H16O4/c1-7(11)8-3-5-9(6-4-8)14-10(12)13-2/h8-9H,3-6H2,1-2H3. The van der Waals surface area contributed by atoms with E-state index in [9.17, 15) is 9.59 Å². The van der Waals surface area contributed by atoms with Gasteiger partial charge in [-0.3, -0.25) is 4.79 Å². The van der Waals surface area contributed by atoms with Crippen molar-refractivity contribution in [3.05, 3.63) is 0 Å². The smallest absolute Gasteiger partial charge is 0.438 e. The Hall–Kier alpha value is -1.06. The summed E-state index contributed by atoms with van der Waals surface area (Å²) in [6.07, 6.45) is 2.46. The van der Waals surface area contributed by atoms with Crippen molar-refractivity contribution in [3.8, 4) is 0 Å². The van der Waals surface area contributed by atoms with Crippen molar-refractivity contribution in [1.82, 2.24) is 0 Å². The van der Waals surface area contributed by atoms with Gasteiger partial charge in [-0.15, -0.1) is 0 Å². The molecule has 0 heterocycles. The van der Waals surface area contributed by atoms with E-state index >= 15 is 0 Å². The van der Waals surface area contributed by atoms with Crippen LogP contribution in [0, 0.1) is 5.92 Å². The van der Waals surface area contributed by atoms with E-state index in [0.29, 0.717) is 0 Å². The average Bonchev–Trinajstić information content (AvgIpc) is 2.18. The molecule has 1 saturated carbocycles. The van der Waals surface area contributed by atoms with E-state index in [1.165, 1.54) is 7.11 Å². The van der Waals surface area contributed by atoms with Gasteiger partial charge in [-0.25, -0.2) is 4.79 Å². The van der Waals surface area contributed by atoms with E-state index in [1.807, 2.05) is 0 Å². The lowest BCUT2D eigenvalue weighted by molar-refractivity contribution is -0.122. The van der Waals surface area contributed by atoms with E-state index in [1.54, 1.807) is 6.92 Å². The molecule has 4 heteroatoms. The first-order chi connectivity index (χ1) is 6.63. The summed E-state index contributed by atoms with van der Waals surface area (Å²) < 4.78 is 9.40. The van der Waals surface area contributed by atoms with Gasteiger partial charge in [0.2, 0.25) is 0 Å². The molecule has 0 aromatic carbocycles. The number of ether oxygens (including phenoxy) is 2. The number of hydrogen-bond donors (Lipinski definition) is 0. The Balaban J connectivity index is 2.29. The molecule has 0 radical (unpaired) electrons. The van der Waals surface area contributed by atoms with Gasteiger partial charge in [-0.05, 0) is 32.6 Å². The van der Waals surface area contributed by atoms with Crippen LogP contribution >= 0.6 is 0 Å². The fraction of sp³-hybridized carbons (Fsp3) is 0.800. The Morgan fingerprint density at radius 2 is 1.71 bits per heavy atom. The number of methoxy groups -OCH3 is 1. The van der Waals surface area contributed by atoms with Gasteiger partial charge >= 0.3 is 6.16 Å². The molecule has 0 saturated heterocycles. The first kappa shape index (κ1) is 11.0. The minimum atomic E-state index is -0.628. The van der Waals surface area contributed by atoms with Crippen molar-refractivity contribution in [2.75, 3.05) is 7.11 Å². The molecular weight excluding hydrogens is 184 g/mol. The lowest BCUT2D eigenvalue weighted by Gasteiger charge is -2.26. The molecule has 1 aliphatic carbocycles. The molecule has 0 N–H and O–H groups in total. The quantitative estimate of drug-likeness (QED) is 0.639. The summed E-state index contributed by atoms with van der Waals surface area (Å²) in [5.74, 6) is 0.397. The highest BCUT2D eigenvalue weighted by molar-refractivity contribution is 5.78. The van der Waals surface area contributed by atoms with Gasteiger partial charge in [-0.2, -0.15) is 0 Å². The minimum absolute atomic E-state index is 0.0713. The summed E-state index contributed by atoms with van der Waals surface area (Å²) in [4.78, 5) is 21.8. The van der Waals surface area contributed by atoms with E-state index in [-0.39, 0.29) is 17.8 Å². The van der Waals surface area contributed by atoms with Crippen LogP contribution in [0.3, 0.4) is 0 Å². The predicted octanol–water partition coefficient (Wildman–Crippen LogP) is 1.92. The normalized spacial score (nSPS) is 26.7. The lowest BCUT2D eigenvalue weighted by Crippen LogP contribution is -2.27. The number of carbonyl (C=O) groups is 2. The van der Waals surface area contributed by atoms with Gasteiger partial charge in [0.05, 0.1) is 7.11 Å². The maximum atomic E-state index is 11.1. The monoisotopic (exact) mass is 200 g/mol. The highest BCUT2D eigenvalue weighted by Crippen LogP contribution is 2.26. The highest BCUT2D eigenvalue weighted by atomic mass is 16.7. The second kappa shape index (κ2) is 4.98. The molecule has 0 aliphatic heterocycles. The van der Waals surface area contributed by atoms with Gasteiger partial charge in [-0.1, -0.05) is 0 Å². The number of Topliss-reactive ketones (excluding diaryl/α,β-unsaturated/α-hetero) is 1. The fourth-order valence-corrected chi connectivity index (χ4v) is 1.77. The fourth-order valence-electron chi connectivity index (χ4n) is 1.77.